The first-order valence-corrected chi connectivity index (χ1v) is 8.72. The molecule has 0 radical (unpaired) electrons. The van der Waals surface area contributed by atoms with Crippen molar-refractivity contribution in [1.29, 1.82) is 0 Å². The Morgan fingerprint density at radius 2 is 1.82 bits per heavy atom. The van der Waals surface area contributed by atoms with Crippen molar-refractivity contribution < 1.29 is 22.7 Å². The van der Waals surface area contributed by atoms with Crippen molar-refractivity contribution in [2.75, 3.05) is 18.9 Å². The highest BCUT2D eigenvalue weighted by molar-refractivity contribution is 7.91. The highest BCUT2D eigenvalue weighted by Gasteiger charge is 2.17. The van der Waals surface area contributed by atoms with Crippen molar-refractivity contribution >= 4 is 21.7 Å². The molecule has 0 bridgehead atoms. The molecule has 1 N–H and O–H groups in total. The largest absolute Gasteiger partial charge is 0.456 e. The monoisotopic (exact) mass is 327 g/mol. The van der Waals surface area contributed by atoms with Gasteiger partial charge in [0.2, 0.25) is 0 Å². The Bertz CT molecular complexity index is 607. The number of amides is 1. The highest BCUT2D eigenvalue weighted by Crippen LogP contribution is 2.13. The number of hydrogen-bond donors (Lipinski definition) is 1. The standard InChI is InChI=1S/C15H21NO5S/c1-3-9-16-14(17)11-21-15(18)8-10-22(19,20)13-6-4-12(2)5-7-13/h4-7H,3,8-11H2,1-2H3,(H,16,17). The van der Waals surface area contributed by atoms with E-state index in [1.165, 1.54) is 12.1 Å². The second-order valence-electron chi connectivity index (χ2n) is 4.89. The van der Waals surface area contributed by atoms with Gasteiger partial charge in [0.15, 0.2) is 16.4 Å². The highest BCUT2D eigenvalue weighted by atomic mass is 32.2. The predicted octanol–water partition coefficient (Wildman–Crippen LogP) is 1.23. The zero-order valence-corrected chi connectivity index (χ0v) is 13.6. The topological polar surface area (TPSA) is 89.5 Å². The molecule has 0 unspecified atom stereocenters. The number of ether oxygens (including phenoxy) is 1. The minimum atomic E-state index is -3.53. The Morgan fingerprint density at radius 3 is 2.41 bits per heavy atom. The molecule has 0 saturated carbocycles. The molecule has 7 heteroatoms. The minimum Gasteiger partial charge on any atom is -0.456 e. The van der Waals surface area contributed by atoms with Crippen LogP contribution in [0.4, 0.5) is 0 Å². The van der Waals surface area contributed by atoms with E-state index in [1.54, 1.807) is 12.1 Å². The van der Waals surface area contributed by atoms with Gasteiger partial charge in [0.25, 0.3) is 5.91 Å². The fraction of sp³-hybridized carbons (Fsp3) is 0.467. The summed E-state index contributed by atoms with van der Waals surface area (Å²) >= 11 is 0. The molecule has 0 heterocycles. The van der Waals surface area contributed by atoms with E-state index in [1.807, 2.05) is 13.8 Å². The Morgan fingerprint density at radius 1 is 1.18 bits per heavy atom. The lowest BCUT2D eigenvalue weighted by Crippen LogP contribution is -2.29. The number of carbonyl (C=O) groups is 2. The van der Waals surface area contributed by atoms with Gasteiger partial charge in [-0.25, -0.2) is 8.42 Å². The SMILES string of the molecule is CCCNC(=O)COC(=O)CCS(=O)(=O)c1ccc(C)cc1. The van der Waals surface area contributed by atoms with Crippen molar-refractivity contribution in [3.63, 3.8) is 0 Å². The molecular weight excluding hydrogens is 306 g/mol. The van der Waals surface area contributed by atoms with E-state index >= 15 is 0 Å². The summed E-state index contributed by atoms with van der Waals surface area (Å²) in [5, 5.41) is 2.56. The molecule has 0 aromatic heterocycles. The van der Waals surface area contributed by atoms with E-state index in [0.29, 0.717) is 6.54 Å². The number of esters is 1. The first kappa shape index (κ1) is 18.2. The van der Waals surface area contributed by atoms with Gasteiger partial charge in [0.05, 0.1) is 17.1 Å². The van der Waals surface area contributed by atoms with Crippen LogP contribution in [0.5, 0.6) is 0 Å². The number of sulfone groups is 1. The molecule has 0 atom stereocenters. The summed E-state index contributed by atoms with van der Waals surface area (Å²) in [7, 11) is -3.53. The van der Waals surface area contributed by atoms with E-state index in [9.17, 15) is 18.0 Å². The van der Waals surface area contributed by atoms with Crippen molar-refractivity contribution in [3.05, 3.63) is 29.8 Å². The smallest absolute Gasteiger partial charge is 0.307 e. The molecule has 0 aliphatic carbocycles. The Labute approximate surface area is 130 Å². The molecule has 1 aromatic rings. The third-order valence-corrected chi connectivity index (χ3v) is 4.62. The van der Waals surface area contributed by atoms with Gasteiger partial charge in [-0.3, -0.25) is 9.59 Å². The van der Waals surface area contributed by atoms with E-state index in [0.717, 1.165) is 12.0 Å². The van der Waals surface area contributed by atoms with Crippen LogP contribution in [0.1, 0.15) is 25.3 Å². The van der Waals surface area contributed by atoms with Crippen molar-refractivity contribution in [3.8, 4) is 0 Å². The van der Waals surface area contributed by atoms with E-state index < -0.39 is 21.7 Å². The Hall–Kier alpha value is -1.89. The molecule has 0 saturated heterocycles. The predicted molar refractivity (Wildman–Crippen MR) is 82.1 cm³/mol. The summed E-state index contributed by atoms with van der Waals surface area (Å²) in [4.78, 5) is 22.9. The number of aryl methyl sites for hydroxylation is 1. The summed E-state index contributed by atoms with van der Waals surface area (Å²) in [5.41, 5.74) is 0.955. The molecule has 0 aliphatic rings. The van der Waals surface area contributed by atoms with Crippen molar-refractivity contribution in [2.45, 2.75) is 31.6 Å². The van der Waals surface area contributed by atoms with Crippen molar-refractivity contribution in [2.24, 2.45) is 0 Å². The minimum absolute atomic E-state index is 0.173. The summed E-state index contributed by atoms with van der Waals surface area (Å²) in [6.07, 6.45) is 0.506. The van der Waals surface area contributed by atoms with E-state index in [2.05, 4.69) is 5.32 Å². The molecule has 1 rings (SSSR count). The maximum Gasteiger partial charge on any atom is 0.307 e. The molecule has 0 spiro atoms. The van der Waals surface area contributed by atoms with Gasteiger partial charge in [0.1, 0.15) is 0 Å². The summed E-state index contributed by atoms with van der Waals surface area (Å²) < 4.78 is 28.8. The molecule has 6 nitrogen and oxygen atoms in total. The van der Waals surface area contributed by atoms with Crippen LogP contribution in [0.2, 0.25) is 0 Å². The Balaban J connectivity index is 2.43. The van der Waals surface area contributed by atoms with Gasteiger partial charge >= 0.3 is 5.97 Å². The van der Waals surface area contributed by atoms with Gasteiger partial charge in [-0.2, -0.15) is 0 Å². The number of carbonyl (C=O) groups excluding carboxylic acids is 2. The van der Waals surface area contributed by atoms with E-state index in [-0.39, 0.29) is 23.7 Å². The number of hydrogen-bond acceptors (Lipinski definition) is 5. The van der Waals surface area contributed by atoms with Crippen LogP contribution in [0.3, 0.4) is 0 Å². The third-order valence-electron chi connectivity index (χ3n) is 2.89. The summed E-state index contributed by atoms with van der Waals surface area (Å²) in [6, 6.07) is 6.41. The maximum absolute atomic E-state index is 12.0. The first-order valence-electron chi connectivity index (χ1n) is 7.07. The van der Waals surface area contributed by atoms with Gasteiger partial charge in [-0.05, 0) is 25.5 Å². The van der Waals surface area contributed by atoms with Crippen LogP contribution < -0.4 is 5.32 Å². The average molecular weight is 327 g/mol. The van der Waals surface area contributed by atoms with Crippen LogP contribution >= 0.6 is 0 Å². The maximum atomic E-state index is 12.0. The zero-order valence-electron chi connectivity index (χ0n) is 12.8. The van der Waals surface area contributed by atoms with Gasteiger partial charge in [-0.15, -0.1) is 0 Å². The van der Waals surface area contributed by atoms with Crippen LogP contribution in [0, 0.1) is 6.92 Å². The summed E-state index contributed by atoms with van der Waals surface area (Å²) in [6.45, 7) is 3.89. The Kier molecular flexibility index (Phi) is 7.04. The molecular formula is C15H21NO5S. The van der Waals surface area contributed by atoms with E-state index in [4.69, 9.17) is 4.74 Å². The number of rotatable bonds is 8. The average Bonchev–Trinajstić information content (AvgIpc) is 2.49. The second-order valence-corrected chi connectivity index (χ2v) is 7.00. The fourth-order valence-corrected chi connectivity index (χ4v) is 2.84. The second kappa shape index (κ2) is 8.53. The van der Waals surface area contributed by atoms with Crippen LogP contribution in [-0.4, -0.2) is 39.2 Å². The normalized spacial score (nSPS) is 11.0. The molecule has 0 fully saturated rings. The van der Waals surface area contributed by atoms with Gasteiger partial charge in [-0.1, -0.05) is 24.6 Å². The lowest BCUT2D eigenvalue weighted by molar-refractivity contribution is -0.148. The molecule has 1 amide bonds. The molecule has 1 aromatic carbocycles. The lowest BCUT2D eigenvalue weighted by atomic mass is 10.2. The van der Waals surface area contributed by atoms with Crippen molar-refractivity contribution in [1.82, 2.24) is 5.32 Å². The number of benzene rings is 1. The molecule has 122 valence electrons. The lowest BCUT2D eigenvalue weighted by Gasteiger charge is -2.07. The summed E-state index contributed by atoms with van der Waals surface area (Å²) in [5.74, 6) is -1.44. The fourth-order valence-electron chi connectivity index (χ4n) is 1.61. The molecule has 22 heavy (non-hydrogen) atoms. The van der Waals surface area contributed by atoms with Crippen LogP contribution in [-0.2, 0) is 24.2 Å². The van der Waals surface area contributed by atoms with Crippen LogP contribution in [0.15, 0.2) is 29.2 Å². The quantitative estimate of drug-likeness (QED) is 0.725. The third kappa shape index (κ3) is 6.26. The van der Waals surface area contributed by atoms with Crippen LogP contribution in [0.25, 0.3) is 0 Å². The first-order chi connectivity index (χ1) is 10.3. The zero-order chi connectivity index (χ0) is 16.6. The van der Waals surface area contributed by atoms with Gasteiger partial charge < -0.3 is 10.1 Å². The van der Waals surface area contributed by atoms with Gasteiger partial charge in [0, 0.05) is 6.54 Å². The molecule has 0 aliphatic heterocycles. The number of nitrogens with one attached hydrogen (secondary N) is 1.